The van der Waals surface area contributed by atoms with Crippen molar-refractivity contribution >= 4 is 5.96 Å². The molecule has 0 atom stereocenters. The van der Waals surface area contributed by atoms with Crippen molar-refractivity contribution in [2.75, 3.05) is 7.05 Å². The maximum Gasteiger partial charge on any atom is 0.191 e. The minimum Gasteiger partial charge on any atom is -0.370 e. The van der Waals surface area contributed by atoms with Crippen LogP contribution in [0.3, 0.4) is 0 Å². The van der Waals surface area contributed by atoms with Crippen LogP contribution in [0.4, 0.5) is 0 Å². The van der Waals surface area contributed by atoms with Crippen LogP contribution in [0.25, 0.3) is 0 Å². The highest BCUT2D eigenvalue weighted by molar-refractivity contribution is 5.78. The van der Waals surface area contributed by atoms with Gasteiger partial charge in [-0.15, -0.1) is 0 Å². The lowest BCUT2D eigenvalue weighted by molar-refractivity contribution is 0.411. The molecular weight excluding hydrogens is 138 g/mol. The molecule has 0 aromatic carbocycles. The van der Waals surface area contributed by atoms with E-state index in [0.717, 1.165) is 0 Å². The summed E-state index contributed by atoms with van der Waals surface area (Å²) in [5.74, 6) is 0.683. The molecule has 11 heavy (non-hydrogen) atoms. The second kappa shape index (κ2) is 3.11. The van der Waals surface area contributed by atoms with Gasteiger partial charge in [-0.1, -0.05) is 0 Å². The van der Waals surface area contributed by atoms with E-state index in [1.54, 1.807) is 0 Å². The van der Waals surface area contributed by atoms with Crippen LogP contribution in [0.5, 0.6) is 0 Å². The highest BCUT2D eigenvalue weighted by atomic mass is 15.3. The zero-order chi connectivity index (χ0) is 8.43. The molecular formula is C8H17N3. The summed E-state index contributed by atoms with van der Waals surface area (Å²) in [5, 5.41) is 0. The van der Waals surface area contributed by atoms with E-state index in [4.69, 9.17) is 5.73 Å². The van der Waals surface area contributed by atoms with Crippen LogP contribution in [-0.2, 0) is 0 Å². The van der Waals surface area contributed by atoms with E-state index in [1.807, 2.05) is 11.9 Å². The van der Waals surface area contributed by atoms with Crippen molar-refractivity contribution in [2.45, 2.75) is 38.8 Å². The fourth-order valence-corrected chi connectivity index (χ4v) is 0.746. The van der Waals surface area contributed by atoms with Crippen molar-refractivity contribution in [3.8, 4) is 0 Å². The third-order valence-electron chi connectivity index (χ3n) is 2.00. The first-order valence-corrected chi connectivity index (χ1v) is 4.17. The summed E-state index contributed by atoms with van der Waals surface area (Å²) in [6.45, 7) is 4.21. The minimum atomic E-state index is 0.442. The SMILES string of the molecule is CC(C)N(C)C(N)=NC1CC1. The van der Waals surface area contributed by atoms with E-state index in [1.165, 1.54) is 12.8 Å². The number of hydrogen-bond acceptors (Lipinski definition) is 1. The van der Waals surface area contributed by atoms with Gasteiger partial charge in [0.15, 0.2) is 5.96 Å². The van der Waals surface area contributed by atoms with Crippen molar-refractivity contribution in [3.63, 3.8) is 0 Å². The first-order valence-electron chi connectivity index (χ1n) is 4.17. The molecule has 1 aliphatic rings. The highest BCUT2D eigenvalue weighted by Gasteiger charge is 2.21. The molecule has 0 bridgehead atoms. The van der Waals surface area contributed by atoms with Crippen LogP contribution in [-0.4, -0.2) is 30.0 Å². The van der Waals surface area contributed by atoms with Crippen LogP contribution in [0.1, 0.15) is 26.7 Å². The van der Waals surface area contributed by atoms with E-state index in [0.29, 0.717) is 18.0 Å². The number of rotatable bonds is 2. The van der Waals surface area contributed by atoms with Crippen LogP contribution in [0.2, 0.25) is 0 Å². The summed E-state index contributed by atoms with van der Waals surface area (Å²) in [4.78, 5) is 6.33. The number of aliphatic imine (C=N–C) groups is 1. The summed E-state index contributed by atoms with van der Waals surface area (Å²) in [6, 6.07) is 0.966. The van der Waals surface area contributed by atoms with E-state index in [9.17, 15) is 0 Å². The molecule has 0 saturated heterocycles. The molecule has 1 fully saturated rings. The maximum atomic E-state index is 5.74. The summed E-state index contributed by atoms with van der Waals surface area (Å²) in [6.07, 6.45) is 2.43. The highest BCUT2D eigenvalue weighted by Crippen LogP contribution is 2.23. The lowest BCUT2D eigenvalue weighted by Gasteiger charge is -2.22. The third-order valence-corrected chi connectivity index (χ3v) is 2.00. The van der Waals surface area contributed by atoms with Gasteiger partial charge in [0.25, 0.3) is 0 Å². The monoisotopic (exact) mass is 155 g/mol. The molecule has 0 radical (unpaired) electrons. The molecule has 1 rings (SSSR count). The molecule has 0 aromatic heterocycles. The second-order valence-corrected chi connectivity index (χ2v) is 3.42. The van der Waals surface area contributed by atoms with Gasteiger partial charge in [0.2, 0.25) is 0 Å². The summed E-state index contributed by atoms with van der Waals surface area (Å²) in [7, 11) is 1.98. The minimum absolute atomic E-state index is 0.442. The van der Waals surface area contributed by atoms with Crippen LogP contribution < -0.4 is 5.73 Å². The molecule has 64 valence electrons. The number of hydrogen-bond donors (Lipinski definition) is 1. The average Bonchev–Trinajstić information content (AvgIpc) is 2.69. The Bertz CT molecular complexity index is 159. The Morgan fingerprint density at radius 1 is 1.55 bits per heavy atom. The van der Waals surface area contributed by atoms with Gasteiger partial charge in [-0.25, -0.2) is 4.99 Å². The van der Waals surface area contributed by atoms with Gasteiger partial charge >= 0.3 is 0 Å². The molecule has 3 heteroatoms. The van der Waals surface area contributed by atoms with Gasteiger partial charge in [0.05, 0.1) is 6.04 Å². The average molecular weight is 155 g/mol. The third kappa shape index (κ3) is 2.41. The molecule has 0 heterocycles. The van der Waals surface area contributed by atoms with E-state index in [-0.39, 0.29) is 0 Å². The van der Waals surface area contributed by atoms with E-state index in [2.05, 4.69) is 18.8 Å². The Morgan fingerprint density at radius 3 is 2.45 bits per heavy atom. The maximum absolute atomic E-state index is 5.74. The predicted octanol–water partition coefficient (Wildman–Crippen LogP) is 0.804. The summed E-state index contributed by atoms with van der Waals surface area (Å²) >= 11 is 0. The molecule has 0 aliphatic heterocycles. The summed E-state index contributed by atoms with van der Waals surface area (Å²) in [5.41, 5.74) is 5.74. The first kappa shape index (κ1) is 8.37. The van der Waals surface area contributed by atoms with Gasteiger partial charge in [0.1, 0.15) is 0 Å². The van der Waals surface area contributed by atoms with Crippen LogP contribution in [0, 0.1) is 0 Å². The van der Waals surface area contributed by atoms with Crippen molar-refractivity contribution in [3.05, 3.63) is 0 Å². The molecule has 0 spiro atoms. The Hall–Kier alpha value is -0.730. The fourth-order valence-electron chi connectivity index (χ4n) is 0.746. The van der Waals surface area contributed by atoms with Crippen molar-refractivity contribution in [1.29, 1.82) is 0 Å². The van der Waals surface area contributed by atoms with E-state index >= 15 is 0 Å². The quantitative estimate of drug-likeness (QED) is 0.473. The molecule has 1 aliphatic carbocycles. The van der Waals surface area contributed by atoms with Crippen LogP contribution in [0.15, 0.2) is 4.99 Å². The topological polar surface area (TPSA) is 41.6 Å². The van der Waals surface area contributed by atoms with Crippen LogP contribution >= 0.6 is 0 Å². The lowest BCUT2D eigenvalue weighted by Crippen LogP contribution is -2.39. The summed E-state index contributed by atoms with van der Waals surface area (Å²) < 4.78 is 0. The molecule has 0 aromatic rings. The van der Waals surface area contributed by atoms with Gasteiger partial charge in [-0.2, -0.15) is 0 Å². The molecule has 2 N–H and O–H groups in total. The first-order chi connectivity index (χ1) is 5.11. The zero-order valence-corrected chi connectivity index (χ0v) is 7.54. The molecule has 3 nitrogen and oxygen atoms in total. The normalized spacial score (nSPS) is 19.1. The van der Waals surface area contributed by atoms with Crippen molar-refractivity contribution in [1.82, 2.24) is 4.90 Å². The van der Waals surface area contributed by atoms with Crippen molar-refractivity contribution < 1.29 is 0 Å². The molecule has 0 amide bonds. The Kier molecular flexibility index (Phi) is 2.37. The predicted molar refractivity (Wildman–Crippen MR) is 47.5 cm³/mol. The fraction of sp³-hybridized carbons (Fsp3) is 0.875. The van der Waals surface area contributed by atoms with E-state index < -0.39 is 0 Å². The van der Waals surface area contributed by atoms with Gasteiger partial charge < -0.3 is 10.6 Å². The smallest absolute Gasteiger partial charge is 0.191 e. The largest absolute Gasteiger partial charge is 0.370 e. The van der Waals surface area contributed by atoms with Gasteiger partial charge in [-0.05, 0) is 26.7 Å². The number of nitrogens with two attached hydrogens (primary N) is 1. The standard InChI is InChI=1S/C8H17N3/c1-6(2)11(3)8(9)10-7-4-5-7/h6-7H,4-5H2,1-3H3,(H2,9,10). The van der Waals surface area contributed by atoms with Gasteiger partial charge in [-0.3, -0.25) is 0 Å². The Labute approximate surface area is 68.3 Å². The molecule has 0 unspecified atom stereocenters. The molecule has 1 saturated carbocycles. The van der Waals surface area contributed by atoms with Gasteiger partial charge in [0, 0.05) is 13.1 Å². The Morgan fingerprint density at radius 2 is 2.09 bits per heavy atom. The number of nitrogens with zero attached hydrogens (tertiary/aromatic N) is 2. The zero-order valence-electron chi connectivity index (χ0n) is 7.54. The Balaban J connectivity index is 2.43. The second-order valence-electron chi connectivity index (χ2n) is 3.42. The number of guanidine groups is 1. The van der Waals surface area contributed by atoms with Crippen molar-refractivity contribution in [2.24, 2.45) is 10.7 Å². The lowest BCUT2D eigenvalue weighted by atomic mass is 10.4.